The van der Waals surface area contributed by atoms with Crippen LogP contribution in [-0.4, -0.2) is 9.97 Å². The number of hydrogen-bond donors (Lipinski definition) is 0. The highest BCUT2D eigenvalue weighted by atomic mass is 35.5. The number of halogens is 3. The minimum Gasteiger partial charge on any atom is -0.232 e. The zero-order chi connectivity index (χ0) is 13.3. The SMILES string of the molecule is CC(C)c1nc(Cl)cc(-c2ccc(Cl)cc2F)n1. The van der Waals surface area contributed by atoms with Gasteiger partial charge in [0.25, 0.3) is 0 Å². The van der Waals surface area contributed by atoms with Crippen LogP contribution in [0.15, 0.2) is 24.3 Å². The van der Waals surface area contributed by atoms with Crippen molar-refractivity contribution in [2.75, 3.05) is 0 Å². The maximum atomic E-state index is 13.8. The standard InChI is InChI=1S/C13H11Cl2FN2/c1-7(2)13-17-11(6-12(15)18-13)9-4-3-8(14)5-10(9)16/h3-7H,1-2H3. The Morgan fingerprint density at radius 2 is 1.83 bits per heavy atom. The topological polar surface area (TPSA) is 25.8 Å². The first-order chi connectivity index (χ1) is 8.47. The van der Waals surface area contributed by atoms with Crippen LogP contribution in [0.1, 0.15) is 25.6 Å². The van der Waals surface area contributed by atoms with Crippen molar-refractivity contribution in [3.8, 4) is 11.3 Å². The normalized spacial score (nSPS) is 11.0. The van der Waals surface area contributed by atoms with Gasteiger partial charge in [-0.15, -0.1) is 0 Å². The smallest absolute Gasteiger partial charge is 0.134 e. The van der Waals surface area contributed by atoms with Gasteiger partial charge in [0.2, 0.25) is 0 Å². The maximum absolute atomic E-state index is 13.8. The molecule has 0 aliphatic carbocycles. The molecule has 1 aromatic carbocycles. The highest BCUT2D eigenvalue weighted by molar-refractivity contribution is 6.30. The fourth-order valence-electron chi connectivity index (χ4n) is 1.53. The van der Waals surface area contributed by atoms with Crippen LogP contribution in [0.25, 0.3) is 11.3 Å². The Labute approximate surface area is 115 Å². The van der Waals surface area contributed by atoms with Crippen molar-refractivity contribution >= 4 is 23.2 Å². The van der Waals surface area contributed by atoms with E-state index in [1.807, 2.05) is 13.8 Å². The summed E-state index contributed by atoms with van der Waals surface area (Å²) in [4.78, 5) is 8.43. The number of rotatable bonds is 2. The van der Waals surface area contributed by atoms with E-state index in [0.29, 0.717) is 27.3 Å². The number of nitrogens with zero attached hydrogens (tertiary/aromatic N) is 2. The van der Waals surface area contributed by atoms with Crippen molar-refractivity contribution in [2.24, 2.45) is 0 Å². The molecule has 0 aliphatic rings. The molecule has 0 spiro atoms. The quantitative estimate of drug-likeness (QED) is 0.746. The van der Waals surface area contributed by atoms with Crippen molar-refractivity contribution in [1.29, 1.82) is 0 Å². The second-order valence-electron chi connectivity index (χ2n) is 4.21. The minimum atomic E-state index is -0.424. The van der Waals surface area contributed by atoms with Crippen LogP contribution in [0, 0.1) is 5.82 Å². The average Bonchev–Trinajstić information content (AvgIpc) is 2.27. The third-order valence-corrected chi connectivity index (χ3v) is 2.86. The van der Waals surface area contributed by atoms with Gasteiger partial charge in [0, 0.05) is 22.6 Å². The highest BCUT2D eigenvalue weighted by Crippen LogP contribution is 2.26. The Morgan fingerprint density at radius 1 is 1.11 bits per heavy atom. The van der Waals surface area contributed by atoms with Crippen LogP contribution >= 0.6 is 23.2 Å². The molecule has 2 nitrogen and oxygen atoms in total. The second-order valence-corrected chi connectivity index (χ2v) is 5.04. The van der Waals surface area contributed by atoms with E-state index in [9.17, 15) is 4.39 Å². The van der Waals surface area contributed by atoms with Gasteiger partial charge < -0.3 is 0 Å². The lowest BCUT2D eigenvalue weighted by atomic mass is 10.1. The first kappa shape index (κ1) is 13.2. The Balaban J connectivity index is 2.56. The van der Waals surface area contributed by atoms with Gasteiger partial charge >= 0.3 is 0 Å². The summed E-state index contributed by atoms with van der Waals surface area (Å²) in [7, 11) is 0. The molecule has 0 saturated carbocycles. The summed E-state index contributed by atoms with van der Waals surface area (Å²) in [6.45, 7) is 3.90. The Bertz CT molecular complexity index is 585. The first-order valence-electron chi connectivity index (χ1n) is 5.47. The molecule has 0 saturated heterocycles. The molecule has 2 aromatic rings. The lowest BCUT2D eigenvalue weighted by Gasteiger charge is -2.08. The zero-order valence-corrected chi connectivity index (χ0v) is 11.4. The van der Waals surface area contributed by atoms with Gasteiger partial charge in [0.15, 0.2) is 0 Å². The predicted molar refractivity (Wildman–Crippen MR) is 71.5 cm³/mol. The lowest BCUT2D eigenvalue weighted by molar-refractivity contribution is 0.630. The van der Waals surface area contributed by atoms with Gasteiger partial charge in [-0.3, -0.25) is 0 Å². The second kappa shape index (κ2) is 5.21. The molecule has 5 heteroatoms. The van der Waals surface area contributed by atoms with E-state index in [0.717, 1.165) is 0 Å². The molecule has 0 aliphatic heterocycles. The monoisotopic (exact) mass is 284 g/mol. The molecular formula is C13H11Cl2FN2. The van der Waals surface area contributed by atoms with E-state index in [-0.39, 0.29) is 5.92 Å². The molecule has 1 heterocycles. The van der Waals surface area contributed by atoms with Crippen LogP contribution in [0.3, 0.4) is 0 Å². The van der Waals surface area contributed by atoms with Crippen LogP contribution < -0.4 is 0 Å². The Hall–Kier alpha value is -1.19. The summed E-state index contributed by atoms with van der Waals surface area (Å²) in [5.41, 5.74) is 0.832. The third kappa shape index (κ3) is 2.79. The van der Waals surface area contributed by atoms with E-state index >= 15 is 0 Å². The van der Waals surface area contributed by atoms with E-state index < -0.39 is 5.82 Å². The highest BCUT2D eigenvalue weighted by Gasteiger charge is 2.12. The molecule has 18 heavy (non-hydrogen) atoms. The molecule has 0 fully saturated rings. The molecule has 0 atom stereocenters. The van der Waals surface area contributed by atoms with Crippen molar-refractivity contribution in [3.63, 3.8) is 0 Å². The van der Waals surface area contributed by atoms with E-state index in [4.69, 9.17) is 23.2 Å². The summed E-state index contributed by atoms with van der Waals surface area (Å²) in [6, 6.07) is 5.99. The maximum Gasteiger partial charge on any atom is 0.134 e. The molecule has 0 bridgehead atoms. The molecular weight excluding hydrogens is 274 g/mol. The summed E-state index contributed by atoms with van der Waals surface area (Å²) in [6.07, 6.45) is 0. The predicted octanol–water partition coefficient (Wildman–Crippen LogP) is 4.71. The molecule has 0 unspecified atom stereocenters. The van der Waals surface area contributed by atoms with Crippen LogP contribution in [0.2, 0.25) is 10.2 Å². The van der Waals surface area contributed by atoms with E-state index in [1.165, 1.54) is 6.07 Å². The van der Waals surface area contributed by atoms with Crippen molar-refractivity contribution in [2.45, 2.75) is 19.8 Å². The van der Waals surface area contributed by atoms with E-state index in [1.54, 1.807) is 18.2 Å². The number of aromatic nitrogens is 2. The van der Waals surface area contributed by atoms with Gasteiger partial charge in [-0.05, 0) is 18.2 Å². The summed E-state index contributed by atoms with van der Waals surface area (Å²) in [5.74, 6) is 0.289. The van der Waals surface area contributed by atoms with Crippen LogP contribution in [-0.2, 0) is 0 Å². The van der Waals surface area contributed by atoms with E-state index in [2.05, 4.69) is 9.97 Å². The van der Waals surface area contributed by atoms with Crippen molar-refractivity contribution < 1.29 is 4.39 Å². The van der Waals surface area contributed by atoms with Gasteiger partial charge in [-0.2, -0.15) is 0 Å². The van der Waals surface area contributed by atoms with Gasteiger partial charge in [-0.1, -0.05) is 37.0 Å². The molecule has 0 amide bonds. The molecule has 1 aromatic heterocycles. The van der Waals surface area contributed by atoms with Crippen molar-refractivity contribution in [1.82, 2.24) is 9.97 Å². The molecule has 0 N–H and O–H groups in total. The van der Waals surface area contributed by atoms with Gasteiger partial charge in [0.05, 0.1) is 5.69 Å². The number of benzene rings is 1. The molecule has 0 radical (unpaired) electrons. The molecule has 94 valence electrons. The van der Waals surface area contributed by atoms with Gasteiger partial charge in [0.1, 0.15) is 16.8 Å². The fraction of sp³-hybridized carbons (Fsp3) is 0.231. The largest absolute Gasteiger partial charge is 0.232 e. The third-order valence-electron chi connectivity index (χ3n) is 2.44. The molecule has 2 rings (SSSR count). The number of hydrogen-bond acceptors (Lipinski definition) is 2. The first-order valence-corrected chi connectivity index (χ1v) is 6.23. The lowest BCUT2D eigenvalue weighted by Crippen LogP contribution is -2.00. The van der Waals surface area contributed by atoms with Gasteiger partial charge in [-0.25, -0.2) is 14.4 Å². The summed E-state index contributed by atoms with van der Waals surface area (Å²) < 4.78 is 13.8. The zero-order valence-electron chi connectivity index (χ0n) is 9.92. The Kier molecular flexibility index (Phi) is 3.83. The Morgan fingerprint density at radius 3 is 2.44 bits per heavy atom. The minimum absolute atomic E-state index is 0.123. The van der Waals surface area contributed by atoms with Crippen molar-refractivity contribution in [3.05, 3.63) is 46.1 Å². The average molecular weight is 285 g/mol. The fourth-order valence-corrected chi connectivity index (χ4v) is 1.88. The van der Waals surface area contributed by atoms with Crippen LogP contribution in [0.5, 0.6) is 0 Å². The van der Waals surface area contributed by atoms with Crippen LogP contribution in [0.4, 0.5) is 4.39 Å². The summed E-state index contributed by atoms with van der Waals surface area (Å²) >= 11 is 11.6. The summed E-state index contributed by atoms with van der Waals surface area (Å²) in [5, 5.41) is 0.651.